The first-order valence-electron chi connectivity index (χ1n) is 12.2. The number of halogens is 1. The van der Waals surface area contributed by atoms with Gasteiger partial charge in [-0.15, -0.1) is 0 Å². The Morgan fingerprint density at radius 3 is 2.49 bits per heavy atom. The van der Waals surface area contributed by atoms with E-state index in [4.69, 9.17) is 10.4 Å². The lowest BCUT2D eigenvalue weighted by Crippen LogP contribution is -2.68. The molecule has 3 saturated carbocycles. The van der Waals surface area contributed by atoms with Crippen molar-refractivity contribution in [2.75, 3.05) is 0 Å². The van der Waals surface area contributed by atoms with Crippen LogP contribution in [-0.4, -0.2) is 60.6 Å². The van der Waals surface area contributed by atoms with Crippen molar-refractivity contribution in [3.8, 4) is 0 Å². The number of carboxylic acids is 1. The lowest BCUT2D eigenvalue weighted by molar-refractivity contribution is -0.239. The van der Waals surface area contributed by atoms with Crippen LogP contribution in [0.4, 0.5) is 0 Å². The predicted octanol–water partition coefficient (Wildman–Crippen LogP) is 2.80. The van der Waals surface area contributed by atoms with Crippen LogP contribution in [0.2, 0.25) is 0 Å². The molecule has 9 nitrogen and oxygen atoms in total. The fourth-order valence-electron chi connectivity index (χ4n) is 8.33. The SMILES string of the molecule is C[C@]12CCC(=O)C=C1CC[C@H]1[C@@H]3CC[C@](CC(=O)OO)(C(=O)C(O)CC(=O)O)[C@@]3(C)CC(O)C12Br. The summed E-state index contributed by atoms with van der Waals surface area (Å²) >= 11 is 3.97. The lowest BCUT2D eigenvalue weighted by Gasteiger charge is -2.65. The first kappa shape index (κ1) is 26.4. The number of carboxylic acid groups (broad SMARTS) is 1. The molecule has 0 radical (unpaired) electrons. The molecule has 0 aromatic rings. The molecule has 4 rings (SSSR count). The number of hydrogen-bond acceptors (Lipinski definition) is 8. The largest absolute Gasteiger partial charge is 0.481 e. The molecule has 0 bridgehead atoms. The molecule has 4 N–H and O–H groups in total. The van der Waals surface area contributed by atoms with Crippen LogP contribution in [0.5, 0.6) is 0 Å². The zero-order valence-electron chi connectivity index (χ0n) is 20.0. The number of allylic oxidation sites excluding steroid dienone is 1. The van der Waals surface area contributed by atoms with Gasteiger partial charge < -0.3 is 20.2 Å². The maximum absolute atomic E-state index is 13.6. The molecule has 4 aliphatic carbocycles. The summed E-state index contributed by atoms with van der Waals surface area (Å²) in [7, 11) is 0. The van der Waals surface area contributed by atoms with Gasteiger partial charge in [-0.25, -0.2) is 4.79 Å². The number of aliphatic hydroxyl groups excluding tert-OH is 2. The van der Waals surface area contributed by atoms with Crippen LogP contribution in [0.3, 0.4) is 0 Å². The van der Waals surface area contributed by atoms with Gasteiger partial charge in [0.1, 0.15) is 6.10 Å². The molecule has 0 spiro atoms. The van der Waals surface area contributed by atoms with Crippen molar-refractivity contribution in [3.05, 3.63) is 11.6 Å². The summed E-state index contributed by atoms with van der Waals surface area (Å²) in [5.74, 6) is -3.30. The zero-order valence-corrected chi connectivity index (χ0v) is 21.5. The van der Waals surface area contributed by atoms with Crippen LogP contribution in [-0.2, 0) is 24.1 Å². The number of hydrogen-bond donors (Lipinski definition) is 4. The van der Waals surface area contributed by atoms with E-state index < -0.39 is 63.3 Å². The molecule has 35 heavy (non-hydrogen) atoms. The Kier molecular flexibility index (Phi) is 6.61. The van der Waals surface area contributed by atoms with E-state index in [-0.39, 0.29) is 30.5 Å². The highest BCUT2D eigenvalue weighted by Gasteiger charge is 2.73. The number of fused-ring (bicyclic) bond motifs is 5. The maximum Gasteiger partial charge on any atom is 0.343 e. The van der Waals surface area contributed by atoms with E-state index in [1.54, 1.807) is 6.08 Å². The third-order valence-corrected chi connectivity index (χ3v) is 12.1. The van der Waals surface area contributed by atoms with Gasteiger partial charge in [0.25, 0.3) is 0 Å². The number of aliphatic carboxylic acids is 1. The van der Waals surface area contributed by atoms with Crippen LogP contribution >= 0.6 is 15.9 Å². The Morgan fingerprint density at radius 2 is 1.86 bits per heavy atom. The third-order valence-electron chi connectivity index (χ3n) is 10.1. The number of carbonyl (C=O) groups excluding carboxylic acids is 3. The van der Waals surface area contributed by atoms with Gasteiger partial charge in [0, 0.05) is 17.3 Å². The summed E-state index contributed by atoms with van der Waals surface area (Å²) in [4.78, 5) is 53.2. The van der Waals surface area contributed by atoms with Crippen LogP contribution in [0.1, 0.15) is 71.6 Å². The first-order chi connectivity index (χ1) is 16.3. The van der Waals surface area contributed by atoms with Crippen molar-refractivity contribution in [1.29, 1.82) is 0 Å². The second-order valence-corrected chi connectivity index (χ2v) is 12.7. The van der Waals surface area contributed by atoms with Crippen molar-refractivity contribution in [1.82, 2.24) is 0 Å². The Labute approximate surface area is 212 Å². The average Bonchev–Trinajstić information content (AvgIpc) is 3.06. The zero-order chi connectivity index (χ0) is 26.0. The van der Waals surface area contributed by atoms with Gasteiger partial charge >= 0.3 is 11.9 Å². The van der Waals surface area contributed by atoms with Crippen LogP contribution in [0.15, 0.2) is 11.6 Å². The van der Waals surface area contributed by atoms with Crippen molar-refractivity contribution in [3.63, 3.8) is 0 Å². The molecule has 10 heteroatoms. The molecular weight excluding hydrogens is 524 g/mol. The normalized spacial score (nSPS) is 43.3. The minimum absolute atomic E-state index is 0.0857. The second-order valence-electron chi connectivity index (χ2n) is 11.4. The topological polar surface area (TPSA) is 158 Å². The van der Waals surface area contributed by atoms with Gasteiger partial charge in [-0.05, 0) is 61.9 Å². The molecule has 0 heterocycles. The fraction of sp³-hybridized carbons (Fsp3) is 0.760. The standard InChI is InChI=1S/C25H33BrO9/c1-22-7-5-14(27)9-13(22)3-4-16-15-6-8-24(12-20(32)35-34,21(33)17(28)10-19(30)31)23(15,2)11-18(29)25(16,22)26/h9,15-18,28-29,34H,3-8,10-12H2,1-2H3,(H,30,31)/t15-,16-,17?,18?,22-,23-,24-,25?/m0/s1. The van der Waals surface area contributed by atoms with Crippen LogP contribution in [0.25, 0.3) is 0 Å². The lowest BCUT2D eigenvalue weighted by atomic mass is 9.43. The van der Waals surface area contributed by atoms with Gasteiger partial charge in [-0.3, -0.25) is 14.4 Å². The molecule has 3 fully saturated rings. The molecule has 0 aliphatic heterocycles. The molecule has 0 aromatic heterocycles. The highest BCUT2D eigenvalue weighted by atomic mass is 79.9. The molecule has 3 unspecified atom stereocenters. The van der Waals surface area contributed by atoms with Gasteiger partial charge in [-0.2, -0.15) is 5.26 Å². The number of carbonyl (C=O) groups is 4. The monoisotopic (exact) mass is 556 g/mol. The third kappa shape index (κ3) is 3.58. The molecule has 0 amide bonds. The van der Waals surface area contributed by atoms with E-state index in [0.29, 0.717) is 32.1 Å². The molecule has 4 aliphatic rings. The minimum atomic E-state index is -1.83. The van der Waals surface area contributed by atoms with Crippen molar-refractivity contribution in [2.24, 2.45) is 28.1 Å². The Bertz CT molecular complexity index is 993. The van der Waals surface area contributed by atoms with E-state index in [2.05, 4.69) is 27.7 Å². The molecule has 0 aromatic carbocycles. The van der Waals surface area contributed by atoms with Crippen molar-refractivity contribution in [2.45, 2.75) is 88.2 Å². The summed E-state index contributed by atoms with van der Waals surface area (Å²) < 4.78 is -0.745. The Morgan fingerprint density at radius 1 is 1.17 bits per heavy atom. The molecule has 8 atom stereocenters. The summed E-state index contributed by atoms with van der Waals surface area (Å²) in [5, 5.41) is 40.4. The van der Waals surface area contributed by atoms with E-state index in [0.717, 1.165) is 5.57 Å². The van der Waals surface area contributed by atoms with E-state index in [1.807, 2.05) is 6.92 Å². The van der Waals surface area contributed by atoms with E-state index in [9.17, 15) is 29.4 Å². The van der Waals surface area contributed by atoms with E-state index in [1.165, 1.54) is 0 Å². The predicted molar refractivity (Wildman–Crippen MR) is 125 cm³/mol. The number of Topliss-reactive ketones (excluding diaryl/α,β-unsaturated/α-hetero) is 1. The number of alkyl halides is 1. The van der Waals surface area contributed by atoms with Crippen LogP contribution < -0.4 is 0 Å². The van der Waals surface area contributed by atoms with Crippen LogP contribution in [0, 0.1) is 28.1 Å². The van der Waals surface area contributed by atoms with Gasteiger partial charge in [0.2, 0.25) is 0 Å². The number of aliphatic hydroxyl groups is 2. The molecule has 194 valence electrons. The maximum atomic E-state index is 13.6. The first-order valence-corrected chi connectivity index (χ1v) is 13.0. The molecular formula is C25H33BrO9. The van der Waals surface area contributed by atoms with Gasteiger partial charge in [0.05, 0.1) is 23.3 Å². The smallest absolute Gasteiger partial charge is 0.343 e. The van der Waals surface area contributed by atoms with Crippen molar-refractivity contribution < 1.29 is 44.6 Å². The quantitative estimate of drug-likeness (QED) is 0.219. The summed E-state index contributed by atoms with van der Waals surface area (Å²) in [6.07, 6.45) is 0.812. The van der Waals surface area contributed by atoms with Gasteiger partial charge in [-0.1, -0.05) is 35.4 Å². The number of rotatable bonds is 6. The van der Waals surface area contributed by atoms with Crippen molar-refractivity contribution >= 4 is 39.4 Å². The molecule has 0 saturated heterocycles. The summed E-state index contributed by atoms with van der Waals surface area (Å²) in [6.45, 7) is 3.90. The minimum Gasteiger partial charge on any atom is -0.481 e. The highest BCUT2D eigenvalue weighted by Crippen LogP contribution is 2.74. The summed E-state index contributed by atoms with van der Waals surface area (Å²) in [6, 6.07) is 0. The highest BCUT2D eigenvalue weighted by molar-refractivity contribution is 9.10. The fourth-order valence-corrected chi connectivity index (χ4v) is 9.49. The Hall–Kier alpha value is -1.62. The summed E-state index contributed by atoms with van der Waals surface area (Å²) in [5.41, 5.74) is -1.90. The second kappa shape index (κ2) is 8.75. The average molecular weight is 557 g/mol. The number of ketones is 2. The van der Waals surface area contributed by atoms with Gasteiger partial charge in [0.15, 0.2) is 11.6 Å². The Balaban J connectivity index is 1.79. The van der Waals surface area contributed by atoms with E-state index >= 15 is 0 Å².